The normalized spacial score (nSPS) is 10.8. The molecule has 4 heteroatoms. The molecule has 0 saturated heterocycles. The van der Waals surface area contributed by atoms with Crippen LogP contribution < -0.4 is 0 Å². The number of hydrogen-bond acceptors (Lipinski definition) is 3. The molecule has 112 valence electrons. The van der Waals surface area contributed by atoms with E-state index in [1.54, 1.807) is 4.90 Å². The Kier molecular flexibility index (Phi) is 7.26. The number of likely N-dealkylation sites (N-methyl/N-ethyl adjacent to an activating group) is 1. The van der Waals surface area contributed by atoms with E-state index in [9.17, 15) is 4.79 Å². The van der Waals surface area contributed by atoms with Gasteiger partial charge in [-0.2, -0.15) is 0 Å². The summed E-state index contributed by atoms with van der Waals surface area (Å²) in [5.74, 6) is 0.0903. The third kappa shape index (κ3) is 5.72. The molecule has 1 rings (SSSR count). The Balaban J connectivity index is 2.50. The summed E-state index contributed by atoms with van der Waals surface area (Å²) in [6, 6.07) is 8.22. The standard InChI is InChI=1S/C16H26N2O2/c1-4-9-18(10-11-19)13-16(20)17(3)12-15-7-5-14(2)6-8-15/h5-8,19H,4,9-13H2,1-3H3. The topological polar surface area (TPSA) is 43.8 Å². The molecular weight excluding hydrogens is 252 g/mol. The highest BCUT2D eigenvalue weighted by Crippen LogP contribution is 2.06. The van der Waals surface area contributed by atoms with Gasteiger partial charge in [0.25, 0.3) is 0 Å². The summed E-state index contributed by atoms with van der Waals surface area (Å²) in [6.45, 7) is 6.60. The maximum absolute atomic E-state index is 12.2. The van der Waals surface area contributed by atoms with E-state index >= 15 is 0 Å². The molecule has 1 aromatic rings. The first kappa shape index (κ1) is 16.7. The van der Waals surface area contributed by atoms with Gasteiger partial charge in [-0.25, -0.2) is 0 Å². The van der Waals surface area contributed by atoms with Gasteiger partial charge in [0.15, 0.2) is 0 Å². The predicted octanol–water partition coefficient (Wildman–Crippen LogP) is 1.66. The van der Waals surface area contributed by atoms with Gasteiger partial charge in [0.1, 0.15) is 0 Å². The SMILES string of the molecule is CCCN(CCO)CC(=O)N(C)Cc1ccc(C)cc1. The third-order valence-corrected chi connectivity index (χ3v) is 3.28. The number of aliphatic hydroxyl groups excluding tert-OH is 1. The van der Waals surface area contributed by atoms with Crippen LogP contribution in [0.5, 0.6) is 0 Å². The van der Waals surface area contributed by atoms with Crippen LogP contribution in [0.3, 0.4) is 0 Å². The van der Waals surface area contributed by atoms with Gasteiger partial charge in [0.05, 0.1) is 13.2 Å². The van der Waals surface area contributed by atoms with Crippen molar-refractivity contribution in [3.05, 3.63) is 35.4 Å². The second-order valence-corrected chi connectivity index (χ2v) is 5.24. The zero-order valence-corrected chi connectivity index (χ0v) is 12.8. The molecule has 4 nitrogen and oxygen atoms in total. The van der Waals surface area contributed by atoms with E-state index in [4.69, 9.17) is 5.11 Å². The molecular formula is C16H26N2O2. The molecule has 0 saturated carbocycles. The molecule has 0 bridgehead atoms. The maximum atomic E-state index is 12.2. The van der Waals surface area contributed by atoms with Crippen molar-refractivity contribution in [1.82, 2.24) is 9.80 Å². The van der Waals surface area contributed by atoms with Crippen LogP contribution in [0, 0.1) is 6.92 Å². The van der Waals surface area contributed by atoms with Gasteiger partial charge in [0.2, 0.25) is 5.91 Å². The van der Waals surface area contributed by atoms with Gasteiger partial charge in [-0.3, -0.25) is 9.69 Å². The number of aliphatic hydroxyl groups is 1. The molecule has 1 aromatic carbocycles. The van der Waals surface area contributed by atoms with Crippen molar-refractivity contribution < 1.29 is 9.90 Å². The average Bonchev–Trinajstić information content (AvgIpc) is 2.42. The molecule has 0 heterocycles. The van der Waals surface area contributed by atoms with Crippen molar-refractivity contribution in [2.24, 2.45) is 0 Å². The van der Waals surface area contributed by atoms with E-state index in [0.717, 1.165) is 18.5 Å². The zero-order valence-electron chi connectivity index (χ0n) is 12.8. The second-order valence-electron chi connectivity index (χ2n) is 5.24. The lowest BCUT2D eigenvalue weighted by molar-refractivity contribution is -0.131. The van der Waals surface area contributed by atoms with E-state index < -0.39 is 0 Å². The second kappa shape index (κ2) is 8.72. The van der Waals surface area contributed by atoms with Crippen LogP contribution in [-0.2, 0) is 11.3 Å². The molecule has 0 fully saturated rings. The summed E-state index contributed by atoms with van der Waals surface area (Å²) in [7, 11) is 1.82. The number of benzene rings is 1. The molecule has 0 aliphatic rings. The molecule has 0 aliphatic heterocycles. The average molecular weight is 278 g/mol. The molecule has 0 aliphatic carbocycles. The van der Waals surface area contributed by atoms with Crippen molar-refractivity contribution in [3.8, 4) is 0 Å². The third-order valence-electron chi connectivity index (χ3n) is 3.28. The van der Waals surface area contributed by atoms with Gasteiger partial charge in [-0.15, -0.1) is 0 Å². The van der Waals surface area contributed by atoms with Crippen LogP contribution in [0.4, 0.5) is 0 Å². The molecule has 0 atom stereocenters. The number of aryl methyl sites for hydroxylation is 1. The molecule has 1 N–H and O–H groups in total. The molecule has 0 aromatic heterocycles. The number of carbonyl (C=O) groups excluding carboxylic acids is 1. The number of rotatable bonds is 8. The van der Waals surface area contributed by atoms with E-state index in [-0.39, 0.29) is 12.5 Å². The van der Waals surface area contributed by atoms with Crippen LogP contribution in [-0.4, -0.2) is 54.1 Å². The van der Waals surface area contributed by atoms with Crippen LogP contribution in [0.25, 0.3) is 0 Å². The Bertz CT molecular complexity index is 397. The van der Waals surface area contributed by atoms with E-state index in [1.165, 1.54) is 5.56 Å². The minimum atomic E-state index is 0.0903. The first-order valence-electron chi connectivity index (χ1n) is 7.19. The number of hydrogen-bond donors (Lipinski definition) is 1. The van der Waals surface area contributed by atoms with Crippen LogP contribution in [0.15, 0.2) is 24.3 Å². The van der Waals surface area contributed by atoms with Crippen LogP contribution in [0.1, 0.15) is 24.5 Å². The monoisotopic (exact) mass is 278 g/mol. The van der Waals surface area contributed by atoms with Crippen LogP contribution >= 0.6 is 0 Å². The summed E-state index contributed by atoms with van der Waals surface area (Å²) >= 11 is 0. The van der Waals surface area contributed by atoms with Gasteiger partial charge >= 0.3 is 0 Å². The maximum Gasteiger partial charge on any atom is 0.236 e. The van der Waals surface area contributed by atoms with Crippen molar-refractivity contribution in [1.29, 1.82) is 0 Å². The minimum Gasteiger partial charge on any atom is -0.395 e. The summed E-state index contributed by atoms with van der Waals surface area (Å²) in [6.07, 6.45) is 0.981. The fourth-order valence-corrected chi connectivity index (χ4v) is 2.10. The largest absolute Gasteiger partial charge is 0.395 e. The molecule has 0 radical (unpaired) electrons. The first-order chi connectivity index (χ1) is 9.56. The predicted molar refractivity (Wildman–Crippen MR) is 81.5 cm³/mol. The number of nitrogens with zero attached hydrogens (tertiary/aromatic N) is 2. The summed E-state index contributed by atoms with van der Waals surface area (Å²) < 4.78 is 0. The summed E-state index contributed by atoms with van der Waals surface area (Å²) in [5.41, 5.74) is 2.36. The number of amides is 1. The lowest BCUT2D eigenvalue weighted by atomic mass is 10.1. The first-order valence-corrected chi connectivity index (χ1v) is 7.19. The fraction of sp³-hybridized carbons (Fsp3) is 0.562. The Morgan fingerprint density at radius 2 is 1.85 bits per heavy atom. The zero-order chi connectivity index (χ0) is 15.0. The smallest absolute Gasteiger partial charge is 0.236 e. The highest BCUT2D eigenvalue weighted by molar-refractivity contribution is 5.78. The van der Waals surface area contributed by atoms with Crippen molar-refractivity contribution in [3.63, 3.8) is 0 Å². The van der Waals surface area contributed by atoms with E-state index in [1.807, 2.05) is 11.9 Å². The van der Waals surface area contributed by atoms with Gasteiger partial charge in [0, 0.05) is 20.1 Å². The minimum absolute atomic E-state index is 0.0903. The fourth-order valence-electron chi connectivity index (χ4n) is 2.10. The van der Waals surface area contributed by atoms with E-state index in [2.05, 4.69) is 38.1 Å². The molecule has 0 spiro atoms. The quantitative estimate of drug-likeness (QED) is 0.786. The van der Waals surface area contributed by atoms with Gasteiger partial charge < -0.3 is 10.0 Å². The highest BCUT2D eigenvalue weighted by atomic mass is 16.3. The Labute approximate surface area is 122 Å². The lowest BCUT2D eigenvalue weighted by Gasteiger charge is -2.24. The number of carbonyl (C=O) groups is 1. The summed E-state index contributed by atoms with van der Waals surface area (Å²) in [4.78, 5) is 15.9. The lowest BCUT2D eigenvalue weighted by Crippen LogP contribution is -2.39. The van der Waals surface area contributed by atoms with Crippen molar-refractivity contribution in [2.75, 3.05) is 33.3 Å². The molecule has 1 amide bonds. The van der Waals surface area contributed by atoms with Crippen molar-refractivity contribution in [2.45, 2.75) is 26.8 Å². The molecule has 0 unspecified atom stereocenters. The van der Waals surface area contributed by atoms with Crippen molar-refractivity contribution >= 4 is 5.91 Å². The molecule has 20 heavy (non-hydrogen) atoms. The van der Waals surface area contributed by atoms with Gasteiger partial charge in [-0.1, -0.05) is 36.8 Å². The Hall–Kier alpha value is -1.39. The van der Waals surface area contributed by atoms with Crippen LogP contribution in [0.2, 0.25) is 0 Å². The Morgan fingerprint density at radius 1 is 1.20 bits per heavy atom. The van der Waals surface area contributed by atoms with E-state index in [0.29, 0.717) is 19.6 Å². The summed E-state index contributed by atoms with van der Waals surface area (Å²) in [5, 5.41) is 9.01. The Morgan fingerprint density at radius 3 is 2.40 bits per heavy atom. The highest BCUT2D eigenvalue weighted by Gasteiger charge is 2.13. The van der Waals surface area contributed by atoms with Gasteiger partial charge in [-0.05, 0) is 25.5 Å².